The lowest BCUT2D eigenvalue weighted by Crippen LogP contribution is -2.58. The van der Waals surface area contributed by atoms with Crippen LogP contribution in [-0.2, 0) is 43.0 Å². The van der Waals surface area contributed by atoms with Crippen LogP contribution >= 0.6 is 11.8 Å². The molecule has 1 aliphatic heterocycles. The minimum atomic E-state index is -5.08. The highest BCUT2D eigenvalue weighted by molar-refractivity contribution is 7.99. The first kappa shape index (κ1) is 49.4. The molecule has 61 heavy (non-hydrogen) atoms. The van der Waals surface area contributed by atoms with Crippen LogP contribution in [0.3, 0.4) is 0 Å². The highest BCUT2D eigenvalue weighted by Crippen LogP contribution is 2.49. The molecule has 1 saturated heterocycles. The van der Waals surface area contributed by atoms with E-state index in [1.807, 2.05) is 39.5 Å². The Balaban J connectivity index is 0.00000107. The number of carbonyl (C=O) groups is 5. The molecule has 0 bridgehead atoms. The molecular formula is C45H55F7N2O6S. The van der Waals surface area contributed by atoms with Crippen molar-refractivity contribution < 1.29 is 59.8 Å². The number of Topliss-reactive ketones (excluding diaryl/α,β-unsaturated/α-hetero) is 2. The molecule has 5 atom stereocenters. The summed E-state index contributed by atoms with van der Waals surface area (Å²) in [7, 11) is 0. The van der Waals surface area contributed by atoms with Crippen LogP contribution in [0.2, 0.25) is 0 Å². The molecule has 0 aromatic heterocycles. The van der Waals surface area contributed by atoms with Gasteiger partial charge in [0.1, 0.15) is 17.1 Å². The molecule has 1 fully saturated rings. The van der Waals surface area contributed by atoms with E-state index in [-0.39, 0.29) is 79.0 Å². The number of carboxylic acids is 1. The molecule has 0 radical (unpaired) electrons. The fourth-order valence-corrected chi connectivity index (χ4v) is 9.56. The zero-order valence-electron chi connectivity index (χ0n) is 34.9. The highest BCUT2D eigenvalue weighted by atomic mass is 32.2. The number of thioether (sulfide) groups is 1. The lowest BCUT2D eigenvalue weighted by atomic mass is 9.71. The standard InChI is InChI=1S/C43H54F4N2O4S.C2HF3O2/c1-5-26(3)33(22-31(50)20-30-10-7-8-13-38(30)44)41(53)49-42(17-14-29-21-35-32(36(29)24-42)11-9-12-37(35)43(45,46)47)39(51)23-34(27(4)6-2)40(52)48-25-28-15-18-54-19-16-28;3-2(4,5)1(6)7/h7-13,26-28,33-34H,5-6,14-25H2,1-4H3,(H,48,52)(H,49,53);(H,6,7)/t26?,27?,33-,34-,42+;/m0./s1. The molecule has 336 valence electrons. The van der Waals surface area contributed by atoms with Gasteiger partial charge in [0.15, 0.2) is 5.78 Å². The molecule has 8 nitrogen and oxygen atoms in total. The Kier molecular flexibility index (Phi) is 17.2. The van der Waals surface area contributed by atoms with Crippen molar-refractivity contribution in [2.24, 2.45) is 29.6 Å². The van der Waals surface area contributed by atoms with E-state index in [1.54, 1.807) is 18.2 Å². The number of benzene rings is 2. The molecule has 1 heterocycles. The van der Waals surface area contributed by atoms with Crippen LogP contribution in [-0.4, -0.2) is 64.2 Å². The monoisotopic (exact) mass is 884 g/mol. The maximum absolute atomic E-state index is 14.9. The smallest absolute Gasteiger partial charge is 0.475 e. The molecule has 3 aliphatic rings. The number of ketones is 2. The Labute approximate surface area is 356 Å². The number of amides is 2. The molecule has 2 unspecified atom stereocenters. The molecule has 2 aliphatic carbocycles. The summed E-state index contributed by atoms with van der Waals surface area (Å²) in [5.74, 6) is -4.04. The summed E-state index contributed by atoms with van der Waals surface area (Å²) in [6, 6.07) is 10.1. The summed E-state index contributed by atoms with van der Waals surface area (Å²) < 4.78 is 88.6. The number of carbonyl (C=O) groups excluding carboxylic acids is 4. The van der Waals surface area contributed by atoms with Crippen LogP contribution in [0.15, 0.2) is 48.0 Å². The number of halogens is 7. The zero-order chi connectivity index (χ0) is 45.3. The number of aliphatic carboxylic acids is 1. The van der Waals surface area contributed by atoms with Crippen molar-refractivity contribution in [2.75, 3.05) is 18.1 Å². The second kappa shape index (κ2) is 21.2. The van der Waals surface area contributed by atoms with Gasteiger partial charge >= 0.3 is 18.3 Å². The van der Waals surface area contributed by atoms with Gasteiger partial charge in [-0.2, -0.15) is 38.1 Å². The summed E-state index contributed by atoms with van der Waals surface area (Å²) in [4.78, 5) is 65.4. The number of rotatable bonds is 16. The average Bonchev–Trinajstić information content (AvgIpc) is 3.58. The number of allylic oxidation sites excluding steroid dienone is 1. The van der Waals surface area contributed by atoms with E-state index >= 15 is 0 Å². The first-order valence-corrected chi connectivity index (χ1v) is 21.9. The van der Waals surface area contributed by atoms with E-state index in [2.05, 4.69) is 10.6 Å². The zero-order valence-corrected chi connectivity index (χ0v) is 35.7. The van der Waals surface area contributed by atoms with E-state index in [1.165, 1.54) is 18.2 Å². The SMILES string of the molecule is CCC(C)[C@H](CC(=O)[C@@]1(NC(=O)[C@@H](CC(=O)Cc2ccccc2F)C(C)CC)CCC2=C(C1)c1cccc(C(F)(F)F)c1C2)C(=O)NCC1CCSCC1.O=C(O)C(F)(F)F. The van der Waals surface area contributed by atoms with Crippen molar-refractivity contribution in [1.82, 2.24) is 10.6 Å². The third kappa shape index (κ3) is 12.9. The van der Waals surface area contributed by atoms with E-state index < -0.39 is 53.0 Å². The maximum atomic E-state index is 14.9. The average molecular weight is 885 g/mol. The summed E-state index contributed by atoms with van der Waals surface area (Å²) in [5, 5.41) is 13.3. The Morgan fingerprint density at radius 3 is 2.05 bits per heavy atom. The summed E-state index contributed by atoms with van der Waals surface area (Å²) >= 11 is 1.90. The summed E-state index contributed by atoms with van der Waals surface area (Å²) in [6.45, 7) is 8.20. The van der Waals surface area contributed by atoms with Gasteiger partial charge in [-0.25, -0.2) is 9.18 Å². The topological polar surface area (TPSA) is 130 Å². The maximum Gasteiger partial charge on any atom is 0.490 e. The molecule has 0 spiro atoms. The van der Waals surface area contributed by atoms with Crippen molar-refractivity contribution >= 4 is 46.7 Å². The fraction of sp³-hybridized carbons (Fsp3) is 0.578. The summed E-state index contributed by atoms with van der Waals surface area (Å²) in [5.41, 5.74) is 0.0968. The molecule has 5 rings (SSSR count). The van der Waals surface area contributed by atoms with Gasteiger partial charge in [-0.3, -0.25) is 19.2 Å². The molecule has 2 aromatic carbocycles. The number of hydrogen-bond acceptors (Lipinski definition) is 6. The highest BCUT2D eigenvalue weighted by Gasteiger charge is 2.48. The Bertz CT molecular complexity index is 1940. The molecule has 2 aromatic rings. The van der Waals surface area contributed by atoms with Crippen molar-refractivity contribution in [1.29, 1.82) is 0 Å². The number of carboxylic acid groups (broad SMARTS) is 1. The van der Waals surface area contributed by atoms with Crippen molar-refractivity contribution in [2.45, 2.75) is 116 Å². The van der Waals surface area contributed by atoms with E-state index in [0.717, 1.165) is 36.0 Å². The van der Waals surface area contributed by atoms with Crippen LogP contribution in [0.1, 0.15) is 108 Å². The molecule has 0 saturated carbocycles. The molecule has 16 heteroatoms. The van der Waals surface area contributed by atoms with Crippen molar-refractivity contribution in [3.63, 3.8) is 0 Å². The number of nitrogens with one attached hydrogen (secondary N) is 2. The number of alkyl halides is 6. The van der Waals surface area contributed by atoms with Crippen molar-refractivity contribution in [3.8, 4) is 0 Å². The molecule has 2 amide bonds. The van der Waals surface area contributed by atoms with Gasteiger partial charge in [0, 0.05) is 44.1 Å². The van der Waals surface area contributed by atoms with Gasteiger partial charge in [0.05, 0.1) is 5.56 Å². The van der Waals surface area contributed by atoms with Gasteiger partial charge in [-0.1, -0.05) is 76.4 Å². The lowest BCUT2D eigenvalue weighted by molar-refractivity contribution is -0.192. The molecule has 3 N–H and O–H groups in total. The predicted molar refractivity (Wildman–Crippen MR) is 219 cm³/mol. The Morgan fingerprint density at radius 2 is 1.48 bits per heavy atom. The molecular weight excluding hydrogens is 830 g/mol. The third-order valence-electron chi connectivity index (χ3n) is 12.5. The fourth-order valence-electron chi connectivity index (χ4n) is 8.36. The van der Waals surface area contributed by atoms with Crippen LogP contribution in [0.5, 0.6) is 0 Å². The van der Waals surface area contributed by atoms with Gasteiger partial charge in [-0.05, 0) is 95.8 Å². The van der Waals surface area contributed by atoms with Crippen LogP contribution in [0.4, 0.5) is 30.7 Å². The normalized spacial score (nSPS) is 19.9. The lowest BCUT2D eigenvalue weighted by Gasteiger charge is -2.40. The van der Waals surface area contributed by atoms with Crippen LogP contribution in [0, 0.1) is 35.4 Å². The number of hydrogen-bond donors (Lipinski definition) is 3. The second-order valence-electron chi connectivity index (χ2n) is 16.6. The Morgan fingerprint density at radius 1 is 0.869 bits per heavy atom. The predicted octanol–water partition coefficient (Wildman–Crippen LogP) is 9.57. The Hall–Kier alpha value is -4.21. The van der Waals surface area contributed by atoms with Gasteiger partial charge in [0.25, 0.3) is 0 Å². The third-order valence-corrected chi connectivity index (χ3v) is 13.6. The first-order valence-electron chi connectivity index (χ1n) is 20.8. The minimum absolute atomic E-state index is 0.00774. The quantitative estimate of drug-likeness (QED) is 0.143. The van der Waals surface area contributed by atoms with Gasteiger partial charge < -0.3 is 15.7 Å². The first-order chi connectivity index (χ1) is 28.6. The van der Waals surface area contributed by atoms with Crippen LogP contribution in [0.25, 0.3) is 5.57 Å². The largest absolute Gasteiger partial charge is 0.490 e. The summed E-state index contributed by atoms with van der Waals surface area (Å²) in [6.07, 6.45) is -6.30. The number of fused-ring (bicyclic) bond motifs is 2. The van der Waals surface area contributed by atoms with E-state index in [0.29, 0.717) is 42.9 Å². The van der Waals surface area contributed by atoms with Crippen LogP contribution < -0.4 is 10.6 Å². The van der Waals surface area contributed by atoms with E-state index in [4.69, 9.17) is 9.90 Å². The van der Waals surface area contributed by atoms with Crippen molar-refractivity contribution in [3.05, 3.63) is 76.1 Å². The van der Waals surface area contributed by atoms with E-state index in [9.17, 15) is 49.9 Å². The minimum Gasteiger partial charge on any atom is -0.475 e. The second-order valence-corrected chi connectivity index (χ2v) is 17.8. The van der Waals surface area contributed by atoms with Gasteiger partial charge in [-0.15, -0.1) is 0 Å². The van der Waals surface area contributed by atoms with Gasteiger partial charge in [0.2, 0.25) is 11.8 Å².